The van der Waals surface area contributed by atoms with Crippen LogP contribution >= 0.6 is 0 Å². The van der Waals surface area contributed by atoms with E-state index in [4.69, 9.17) is 4.52 Å². The maximum Gasteiger partial charge on any atom is 0.282 e. The standard InChI is InChI=1S/C20H29N5O4S/c1-23-16-8-17(23)11-24(10-16)30(27,28)25-14-4-5-15(25)7-13(6-14)21-20(26)18-9-19(29-22-18)12-2-3-12/h9,12-17H,2-8,10-11H2,1H3,(H,21,26)/t13-,14+,15-,16?,17?. The fraction of sp³-hybridized carbons (Fsp3) is 0.800. The highest BCUT2D eigenvalue weighted by molar-refractivity contribution is 7.86. The van der Waals surface area contributed by atoms with Crippen LogP contribution in [0.2, 0.25) is 0 Å². The Hall–Kier alpha value is -1.49. The van der Waals surface area contributed by atoms with Crippen molar-refractivity contribution < 1.29 is 17.7 Å². The number of carbonyl (C=O) groups excluding carboxylic acids is 1. The fourth-order valence-electron chi connectivity index (χ4n) is 5.92. The molecule has 9 nitrogen and oxygen atoms in total. The molecule has 1 aromatic rings. The van der Waals surface area contributed by atoms with Crippen LogP contribution in [-0.2, 0) is 10.2 Å². The lowest BCUT2D eigenvalue weighted by atomic mass is 9.90. The quantitative estimate of drug-likeness (QED) is 0.738. The van der Waals surface area contributed by atoms with Gasteiger partial charge in [0.05, 0.1) is 0 Å². The highest BCUT2D eigenvalue weighted by atomic mass is 32.2. The zero-order chi connectivity index (χ0) is 20.6. The average Bonchev–Trinajstić information content (AvgIpc) is 3.39. The lowest BCUT2D eigenvalue weighted by Gasteiger charge is -2.55. The van der Waals surface area contributed by atoms with Gasteiger partial charge < -0.3 is 9.84 Å². The van der Waals surface area contributed by atoms with Crippen LogP contribution in [-0.4, -0.2) is 83.3 Å². The van der Waals surface area contributed by atoms with Crippen LogP contribution in [0, 0.1) is 0 Å². The van der Waals surface area contributed by atoms with Crippen molar-refractivity contribution in [2.24, 2.45) is 0 Å². The van der Waals surface area contributed by atoms with E-state index in [9.17, 15) is 13.2 Å². The predicted molar refractivity (Wildman–Crippen MR) is 108 cm³/mol. The number of piperidine rings is 2. The monoisotopic (exact) mass is 435 g/mol. The number of piperazine rings is 1. The molecule has 5 aliphatic heterocycles. The van der Waals surface area contributed by atoms with E-state index in [-0.39, 0.29) is 24.0 Å². The summed E-state index contributed by atoms with van der Waals surface area (Å²) >= 11 is 0. The van der Waals surface area contributed by atoms with Crippen molar-refractivity contribution in [2.45, 2.75) is 81.1 Å². The minimum atomic E-state index is -3.45. The van der Waals surface area contributed by atoms with Crippen molar-refractivity contribution in [3.63, 3.8) is 0 Å². The van der Waals surface area contributed by atoms with Crippen molar-refractivity contribution in [1.82, 2.24) is 24.0 Å². The molecule has 30 heavy (non-hydrogen) atoms. The molecule has 2 unspecified atom stereocenters. The number of nitrogens with one attached hydrogen (secondary N) is 1. The molecule has 5 saturated heterocycles. The largest absolute Gasteiger partial charge is 0.360 e. The lowest BCUT2D eigenvalue weighted by molar-refractivity contribution is -0.0239. The number of hydrogen-bond donors (Lipinski definition) is 1. The molecule has 7 rings (SSSR count). The van der Waals surface area contributed by atoms with Gasteiger partial charge in [-0.2, -0.15) is 17.0 Å². The van der Waals surface area contributed by atoms with Gasteiger partial charge in [0.15, 0.2) is 5.69 Å². The van der Waals surface area contributed by atoms with Crippen LogP contribution in [0.3, 0.4) is 0 Å². The molecule has 0 aromatic carbocycles. The average molecular weight is 436 g/mol. The minimum Gasteiger partial charge on any atom is -0.360 e. The number of fused-ring (bicyclic) bond motifs is 4. The van der Waals surface area contributed by atoms with Gasteiger partial charge in [0.2, 0.25) is 0 Å². The SMILES string of the molecule is CN1C2CC1CN(S(=O)(=O)N1[C@@H]3CC[C@H]1C[C@@H](NC(=O)c1cc(C4CC4)on1)C3)C2. The first-order valence-corrected chi connectivity index (χ1v) is 12.6. The topological polar surface area (TPSA) is 99.0 Å². The molecule has 0 radical (unpaired) electrons. The van der Waals surface area contributed by atoms with Crippen molar-refractivity contribution >= 4 is 16.1 Å². The second-order valence-electron chi connectivity index (χ2n) is 9.78. The summed E-state index contributed by atoms with van der Waals surface area (Å²) in [7, 11) is -1.36. The summed E-state index contributed by atoms with van der Waals surface area (Å²) in [6.07, 6.45) is 6.36. The molecular weight excluding hydrogens is 406 g/mol. The van der Waals surface area contributed by atoms with Gasteiger partial charge in [-0.3, -0.25) is 9.69 Å². The first-order chi connectivity index (χ1) is 14.4. The van der Waals surface area contributed by atoms with Gasteiger partial charge in [-0.25, -0.2) is 0 Å². The molecule has 1 aliphatic carbocycles. The lowest BCUT2D eigenvalue weighted by Crippen LogP contribution is -2.69. The predicted octanol–water partition coefficient (Wildman–Crippen LogP) is 0.910. The van der Waals surface area contributed by atoms with Gasteiger partial charge in [-0.15, -0.1) is 0 Å². The first kappa shape index (κ1) is 19.2. The Labute approximate surface area is 176 Å². The number of aromatic nitrogens is 1. The molecule has 1 amide bonds. The van der Waals surface area contributed by atoms with E-state index in [1.54, 1.807) is 14.7 Å². The number of amides is 1. The summed E-state index contributed by atoms with van der Waals surface area (Å²) < 4.78 is 35.6. The second kappa shape index (κ2) is 6.75. The summed E-state index contributed by atoms with van der Waals surface area (Å²) in [4.78, 5) is 14.9. The van der Waals surface area contributed by atoms with Crippen molar-refractivity contribution in [1.29, 1.82) is 0 Å². The van der Waals surface area contributed by atoms with Gasteiger partial charge in [0.1, 0.15) is 5.76 Å². The van der Waals surface area contributed by atoms with E-state index >= 15 is 0 Å². The molecule has 1 aromatic heterocycles. The normalized spacial score (nSPS) is 37.2. The van der Waals surface area contributed by atoms with Crippen LogP contribution < -0.4 is 5.32 Å². The highest BCUT2D eigenvalue weighted by Crippen LogP contribution is 2.42. The summed E-state index contributed by atoms with van der Waals surface area (Å²) in [5.41, 5.74) is 0.330. The van der Waals surface area contributed by atoms with E-state index in [0.717, 1.165) is 37.9 Å². The summed E-state index contributed by atoms with van der Waals surface area (Å²) in [5, 5.41) is 7.00. The van der Waals surface area contributed by atoms with E-state index in [1.807, 2.05) is 0 Å². The van der Waals surface area contributed by atoms with E-state index in [1.165, 1.54) is 0 Å². The van der Waals surface area contributed by atoms with E-state index < -0.39 is 10.2 Å². The number of carbonyl (C=O) groups is 1. The van der Waals surface area contributed by atoms with Crippen LogP contribution in [0.15, 0.2) is 10.6 Å². The van der Waals surface area contributed by atoms with Gasteiger partial charge in [0.25, 0.3) is 16.1 Å². The third-order valence-electron chi connectivity index (χ3n) is 7.86. The van der Waals surface area contributed by atoms with Gasteiger partial charge in [-0.05, 0) is 52.0 Å². The first-order valence-electron chi connectivity index (χ1n) is 11.2. The molecule has 1 saturated carbocycles. The van der Waals surface area contributed by atoms with Crippen LogP contribution in [0.5, 0.6) is 0 Å². The van der Waals surface area contributed by atoms with Crippen molar-refractivity contribution in [3.8, 4) is 0 Å². The second-order valence-corrected chi connectivity index (χ2v) is 11.6. The van der Waals surface area contributed by atoms with Gasteiger partial charge in [0, 0.05) is 55.3 Å². The minimum absolute atomic E-state index is 0.0246. The number of hydrogen-bond acceptors (Lipinski definition) is 6. The zero-order valence-electron chi connectivity index (χ0n) is 17.2. The maximum absolute atomic E-state index is 13.4. The van der Waals surface area contributed by atoms with Gasteiger partial charge >= 0.3 is 0 Å². The fourth-order valence-corrected chi connectivity index (χ4v) is 8.05. The highest BCUT2D eigenvalue weighted by Gasteiger charge is 2.52. The van der Waals surface area contributed by atoms with Crippen LogP contribution in [0.1, 0.15) is 67.1 Å². The molecule has 5 atom stereocenters. The summed E-state index contributed by atoms with van der Waals surface area (Å²) in [6.45, 7) is 1.20. The maximum atomic E-state index is 13.4. The molecule has 164 valence electrons. The number of nitrogens with zero attached hydrogens (tertiary/aromatic N) is 4. The van der Waals surface area contributed by atoms with Crippen LogP contribution in [0.4, 0.5) is 0 Å². The zero-order valence-corrected chi connectivity index (χ0v) is 18.1. The van der Waals surface area contributed by atoms with Crippen molar-refractivity contribution in [3.05, 3.63) is 17.5 Å². The summed E-state index contributed by atoms with van der Waals surface area (Å²) in [6, 6.07) is 2.37. The molecule has 6 aliphatic rings. The Morgan fingerprint density at radius 3 is 2.33 bits per heavy atom. The molecule has 6 heterocycles. The number of rotatable bonds is 5. The Morgan fingerprint density at radius 2 is 1.73 bits per heavy atom. The Bertz CT molecular complexity index is 934. The van der Waals surface area contributed by atoms with E-state index in [2.05, 4.69) is 22.4 Å². The molecule has 4 bridgehead atoms. The molecule has 1 N–H and O–H groups in total. The molecule has 10 heteroatoms. The number of likely N-dealkylation sites (N-methyl/N-ethyl adjacent to an activating group) is 1. The van der Waals surface area contributed by atoms with E-state index in [0.29, 0.717) is 49.6 Å². The molecule has 0 spiro atoms. The Balaban J connectivity index is 1.12. The Kier molecular flexibility index (Phi) is 4.32. The molecular formula is C20H29N5O4S. The third kappa shape index (κ3) is 3.03. The Morgan fingerprint density at radius 1 is 1.07 bits per heavy atom. The van der Waals surface area contributed by atoms with Crippen molar-refractivity contribution in [2.75, 3.05) is 20.1 Å². The molecule has 6 fully saturated rings. The smallest absolute Gasteiger partial charge is 0.282 e. The third-order valence-corrected chi connectivity index (χ3v) is 9.94. The van der Waals surface area contributed by atoms with Crippen LogP contribution in [0.25, 0.3) is 0 Å². The van der Waals surface area contributed by atoms with Gasteiger partial charge in [-0.1, -0.05) is 5.16 Å². The summed E-state index contributed by atoms with van der Waals surface area (Å²) in [5.74, 6) is 1.00.